The average molecular weight is 319 g/mol. The lowest BCUT2D eigenvalue weighted by Gasteiger charge is -2.19. The van der Waals surface area contributed by atoms with E-state index >= 15 is 0 Å². The molecule has 1 rings (SSSR count). The van der Waals surface area contributed by atoms with Gasteiger partial charge in [0.2, 0.25) is 0 Å². The fourth-order valence-electron chi connectivity index (χ4n) is 1.36. The van der Waals surface area contributed by atoms with Crippen LogP contribution in [0, 0.1) is 5.41 Å². The molecule has 8 heteroatoms. The number of carbonyl (C=O) groups excluding carboxylic acids is 1. The lowest BCUT2D eigenvalue weighted by Crippen LogP contribution is -2.40. The first kappa shape index (κ1) is 17.8. The molecule has 0 saturated carbocycles. The van der Waals surface area contributed by atoms with Gasteiger partial charge in [-0.2, -0.15) is 13.2 Å². The van der Waals surface area contributed by atoms with Crippen LogP contribution in [0.25, 0.3) is 0 Å². The normalized spacial score (nSPS) is 11.9. The molecule has 0 aromatic heterocycles. The van der Waals surface area contributed by atoms with E-state index in [1.807, 2.05) is 0 Å². The van der Waals surface area contributed by atoms with Crippen molar-refractivity contribution in [3.63, 3.8) is 0 Å². The van der Waals surface area contributed by atoms with Crippen LogP contribution in [0.5, 0.6) is 5.75 Å². The fraction of sp³-hybridized carbons (Fsp3) is 0.429. The van der Waals surface area contributed by atoms with Crippen LogP contribution in [0.4, 0.5) is 13.2 Å². The van der Waals surface area contributed by atoms with Crippen LogP contribution >= 0.6 is 0 Å². The highest BCUT2D eigenvalue weighted by Crippen LogP contribution is 2.31. The molecule has 0 atom stereocenters. The zero-order valence-corrected chi connectivity index (χ0v) is 12.0. The van der Waals surface area contributed by atoms with Gasteiger partial charge in [0, 0.05) is 6.54 Å². The van der Waals surface area contributed by atoms with E-state index < -0.39 is 35.6 Å². The molecule has 5 nitrogen and oxygen atoms in total. The van der Waals surface area contributed by atoms with Gasteiger partial charge in [0.1, 0.15) is 5.75 Å². The van der Waals surface area contributed by atoms with Crippen molar-refractivity contribution >= 4 is 11.9 Å². The molecule has 0 unspecified atom stereocenters. The molecule has 1 aromatic rings. The number of hydrogen-bond donors (Lipinski definition) is 2. The third-order valence-corrected chi connectivity index (χ3v) is 2.84. The number of aliphatic carboxylic acids is 1. The van der Waals surface area contributed by atoms with Crippen molar-refractivity contribution in [3.8, 4) is 5.75 Å². The van der Waals surface area contributed by atoms with Crippen LogP contribution < -0.4 is 10.1 Å². The van der Waals surface area contributed by atoms with E-state index in [1.165, 1.54) is 26.0 Å². The lowest BCUT2D eigenvalue weighted by atomic mass is 9.94. The van der Waals surface area contributed by atoms with E-state index in [0.717, 1.165) is 12.1 Å². The predicted molar refractivity (Wildman–Crippen MR) is 71.4 cm³/mol. The molecule has 2 N–H and O–H groups in total. The third-order valence-electron chi connectivity index (χ3n) is 2.84. The molecule has 0 spiro atoms. The van der Waals surface area contributed by atoms with Gasteiger partial charge < -0.3 is 15.2 Å². The van der Waals surface area contributed by atoms with Gasteiger partial charge >= 0.3 is 12.1 Å². The summed E-state index contributed by atoms with van der Waals surface area (Å²) in [7, 11) is 0. The molecule has 22 heavy (non-hydrogen) atoms. The number of carboxylic acid groups (broad SMARTS) is 1. The molecule has 0 radical (unpaired) electrons. The summed E-state index contributed by atoms with van der Waals surface area (Å²) in [6, 6.07) is 4.14. The molecule has 0 fully saturated rings. The summed E-state index contributed by atoms with van der Waals surface area (Å²) in [4.78, 5) is 22.4. The smallest absolute Gasteiger partial charge is 0.416 e. The number of nitrogens with one attached hydrogen (secondary N) is 1. The summed E-state index contributed by atoms with van der Waals surface area (Å²) in [5.74, 6) is -1.79. The van der Waals surface area contributed by atoms with Gasteiger partial charge in [0.15, 0.2) is 6.61 Å². The number of hydrogen-bond acceptors (Lipinski definition) is 3. The van der Waals surface area contributed by atoms with Crippen molar-refractivity contribution in [1.82, 2.24) is 5.32 Å². The summed E-state index contributed by atoms with van der Waals surface area (Å²) >= 11 is 0. The van der Waals surface area contributed by atoms with Crippen molar-refractivity contribution in [2.45, 2.75) is 20.0 Å². The van der Waals surface area contributed by atoms with E-state index in [9.17, 15) is 22.8 Å². The molecule has 0 aliphatic rings. The Morgan fingerprint density at radius 2 is 1.91 bits per heavy atom. The largest absolute Gasteiger partial charge is 0.484 e. The first-order valence-corrected chi connectivity index (χ1v) is 6.32. The molecular weight excluding hydrogens is 303 g/mol. The average Bonchev–Trinajstić information content (AvgIpc) is 2.42. The molecule has 1 aromatic carbocycles. The van der Waals surface area contributed by atoms with Crippen LogP contribution in [0.2, 0.25) is 0 Å². The predicted octanol–water partition coefficient (Wildman–Crippen LogP) is 2.31. The number of carboxylic acids is 1. The second kappa shape index (κ2) is 6.67. The van der Waals surface area contributed by atoms with Gasteiger partial charge in [-0.15, -0.1) is 0 Å². The van der Waals surface area contributed by atoms with Crippen molar-refractivity contribution in [3.05, 3.63) is 29.8 Å². The zero-order chi connectivity index (χ0) is 17.0. The Balaban J connectivity index is 2.53. The number of benzene rings is 1. The molecule has 122 valence electrons. The van der Waals surface area contributed by atoms with Crippen LogP contribution in [0.15, 0.2) is 24.3 Å². The number of rotatable bonds is 6. The van der Waals surface area contributed by atoms with Gasteiger partial charge in [-0.05, 0) is 32.0 Å². The second-order valence-electron chi connectivity index (χ2n) is 5.28. The van der Waals surface area contributed by atoms with Crippen LogP contribution in [-0.2, 0) is 15.8 Å². The SMILES string of the molecule is CC(C)(CNC(=O)COc1cccc(C(F)(F)F)c1)C(=O)O. The molecule has 0 bridgehead atoms. The van der Waals surface area contributed by atoms with Gasteiger partial charge in [-0.25, -0.2) is 0 Å². The lowest BCUT2D eigenvalue weighted by molar-refractivity contribution is -0.146. The number of amides is 1. The van der Waals surface area contributed by atoms with Crippen LogP contribution in [-0.4, -0.2) is 30.1 Å². The number of alkyl halides is 3. The minimum Gasteiger partial charge on any atom is -0.484 e. The topological polar surface area (TPSA) is 75.6 Å². The van der Waals surface area contributed by atoms with E-state index in [2.05, 4.69) is 5.32 Å². The first-order chi connectivity index (χ1) is 10.0. The maximum Gasteiger partial charge on any atom is 0.416 e. The monoisotopic (exact) mass is 319 g/mol. The number of carbonyl (C=O) groups is 2. The van der Waals surface area contributed by atoms with Crippen molar-refractivity contribution in [2.24, 2.45) is 5.41 Å². The van der Waals surface area contributed by atoms with E-state index in [1.54, 1.807) is 0 Å². The third kappa shape index (κ3) is 5.27. The Kier molecular flexibility index (Phi) is 5.40. The molecule has 0 aliphatic carbocycles. The molecule has 0 aliphatic heterocycles. The summed E-state index contributed by atoms with van der Waals surface area (Å²) in [5, 5.41) is 11.2. The minimum atomic E-state index is -4.49. The highest BCUT2D eigenvalue weighted by molar-refractivity contribution is 5.79. The second-order valence-corrected chi connectivity index (χ2v) is 5.28. The Morgan fingerprint density at radius 3 is 2.45 bits per heavy atom. The molecule has 1 amide bonds. The Morgan fingerprint density at radius 1 is 1.27 bits per heavy atom. The standard InChI is InChI=1S/C14H16F3NO4/c1-13(2,12(20)21)8-18-11(19)7-22-10-5-3-4-9(6-10)14(15,16)17/h3-6H,7-8H2,1-2H3,(H,18,19)(H,20,21). The van der Waals surface area contributed by atoms with Crippen molar-refractivity contribution in [2.75, 3.05) is 13.2 Å². The summed E-state index contributed by atoms with van der Waals surface area (Å²) in [5.41, 5.74) is -2.02. The molecule has 0 saturated heterocycles. The fourth-order valence-corrected chi connectivity index (χ4v) is 1.36. The van der Waals surface area contributed by atoms with E-state index in [0.29, 0.717) is 0 Å². The summed E-state index contributed by atoms with van der Waals surface area (Å²) < 4.78 is 42.5. The van der Waals surface area contributed by atoms with Gasteiger partial charge in [0.05, 0.1) is 11.0 Å². The summed E-state index contributed by atoms with van der Waals surface area (Å²) in [6.07, 6.45) is -4.49. The number of halogens is 3. The van der Waals surface area contributed by atoms with E-state index in [-0.39, 0.29) is 12.3 Å². The number of ether oxygens (including phenoxy) is 1. The highest BCUT2D eigenvalue weighted by Gasteiger charge is 2.30. The van der Waals surface area contributed by atoms with Gasteiger partial charge in [0.25, 0.3) is 5.91 Å². The minimum absolute atomic E-state index is 0.0949. The highest BCUT2D eigenvalue weighted by atomic mass is 19.4. The Hall–Kier alpha value is -2.25. The van der Waals surface area contributed by atoms with E-state index in [4.69, 9.17) is 9.84 Å². The molecular formula is C14H16F3NO4. The summed E-state index contributed by atoms with van der Waals surface area (Å²) in [6.45, 7) is 2.25. The quantitative estimate of drug-likeness (QED) is 0.844. The first-order valence-electron chi connectivity index (χ1n) is 6.32. The van der Waals surface area contributed by atoms with Gasteiger partial charge in [-0.1, -0.05) is 6.07 Å². The van der Waals surface area contributed by atoms with Gasteiger partial charge in [-0.3, -0.25) is 9.59 Å². The maximum atomic E-state index is 12.5. The zero-order valence-electron chi connectivity index (χ0n) is 12.0. The van der Waals surface area contributed by atoms with Crippen LogP contribution in [0.3, 0.4) is 0 Å². The Bertz CT molecular complexity index is 555. The molecule has 0 heterocycles. The maximum absolute atomic E-state index is 12.5. The van der Waals surface area contributed by atoms with Crippen molar-refractivity contribution < 1.29 is 32.6 Å². The van der Waals surface area contributed by atoms with Crippen molar-refractivity contribution in [1.29, 1.82) is 0 Å². The van der Waals surface area contributed by atoms with Crippen LogP contribution in [0.1, 0.15) is 19.4 Å². The Labute approximate surface area is 125 Å².